The molecular weight excluding hydrogens is 288 g/mol. The maximum atomic E-state index is 12.8. The third-order valence-corrected chi connectivity index (χ3v) is 3.85. The number of amides is 1. The van der Waals surface area contributed by atoms with Gasteiger partial charge in [-0.15, -0.1) is 0 Å². The highest BCUT2D eigenvalue weighted by Crippen LogP contribution is 2.37. The van der Waals surface area contributed by atoms with Gasteiger partial charge in [0.2, 0.25) is 0 Å². The Morgan fingerprint density at radius 1 is 0.913 bits per heavy atom. The van der Waals surface area contributed by atoms with Crippen molar-refractivity contribution in [2.45, 2.75) is 6.17 Å². The van der Waals surface area contributed by atoms with Crippen LogP contribution in [-0.2, 0) is 0 Å². The Morgan fingerprint density at radius 3 is 2.43 bits per heavy atom. The Morgan fingerprint density at radius 2 is 1.70 bits per heavy atom. The average Bonchev–Trinajstić information content (AvgIpc) is 2.89. The van der Waals surface area contributed by atoms with E-state index < -0.39 is 0 Å². The van der Waals surface area contributed by atoms with Crippen LogP contribution >= 0.6 is 0 Å². The summed E-state index contributed by atoms with van der Waals surface area (Å²) in [6.07, 6.45) is 6.57. The third kappa shape index (κ3) is 2.32. The summed E-state index contributed by atoms with van der Waals surface area (Å²) < 4.78 is 0. The van der Waals surface area contributed by atoms with Crippen LogP contribution < -0.4 is 10.2 Å². The summed E-state index contributed by atoms with van der Waals surface area (Å²) in [7, 11) is 0. The maximum absolute atomic E-state index is 12.8. The van der Waals surface area contributed by atoms with Crippen LogP contribution in [0.5, 0.6) is 0 Å². The van der Waals surface area contributed by atoms with E-state index in [9.17, 15) is 4.79 Å². The zero-order valence-electron chi connectivity index (χ0n) is 12.3. The molecule has 1 N–H and O–H groups in total. The summed E-state index contributed by atoms with van der Waals surface area (Å²) in [5.41, 5.74) is 3.27. The molecule has 0 bridgehead atoms. The lowest BCUT2D eigenvalue weighted by molar-refractivity contribution is 0.0993. The van der Waals surface area contributed by atoms with Crippen LogP contribution in [0.25, 0.3) is 0 Å². The highest BCUT2D eigenvalue weighted by Gasteiger charge is 2.37. The van der Waals surface area contributed by atoms with Gasteiger partial charge in [0, 0.05) is 29.7 Å². The zero-order chi connectivity index (χ0) is 15.6. The van der Waals surface area contributed by atoms with Crippen molar-refractivity contribution in [3.05, 3.63) is 84.4 Å². The second-order valence-corrected chi connectivity index (χ2v) is 5.26. The van der Waals surface area contributed by atoms with Crippen molar-refractivity contribution in [1.29, 1.82) is 0 Å². The van der Waals surface area contributed by atoms with Crippen LogP contribution in [-0.4, -0.2) is 15.9 Å². The van der Waals surface area contributed by atoms with E-state index in [0.717, 1.165) is 16.9 Å². The quantitative estimate of drug-likeness (QED) is 0.807. The summed E-state index contributed by atoms with van der Waals surface area (Å²) in [6, 6.07) is 15.1. The molecule has 5 heteroatoms. The predicted molar refractivity (Wildman–Crippen MR) is 88.1 cm³/mol. The van der Waals surface area contributed by atoms with Gasteiger partial charge in [-0.1, -0.05) is 18.2 Å². The summed E-state index contributed by atoms with van der Waals surface area (Å²) in [5, 5.41) is 3.39. The minimum absolute atomic E-state index is 0.0324. The van der Waals surface area contributed by atoms with Gasteiger partial charge in [-0.25, -0.2) is 0 Å². The van der Waals surface area contributed by atoms with Crippen LogP contribution in [0.2, 0.25) is 0 Å². The molecule has 4 rings (SSSR count). The van der Waals surface area contributed by atoms with Gasteiger partial charge in [0.15, 0.2) is 0 Å². The fourth-order valence-electron chi connectivity index (χ4n) is 2.83. The van der Waals surface area contributed by atoms with Crippen LogP contribution in [0.1, 0.15) is 22.1 Å². The van der Waals surface area contributed by atoms with Gasteiger partial charge >= 0.3 is 0 Å². The molecule has 1 aliphatic heterocycles. The molecule has 0 fully saturated rings. The number of anilines is 2. The first-order valence-corrected chi connectivity index (χ1v) is 7.34. The Kier molecular flexibility index (Phi) is 3.24. The van der Waals surface area contributed by atoms with E-state index in [1.165, 1.54) is 0 Å². The van der Waals surface area contributed by atoms with Gasteiger partial charge in [-0.2, -0.15) is 0 Å². The topological polar surface area (TPSA) is 58.1 Å². The van der Waals surface area contributed by atoms with Gasteiger partial charge in [0.05, 0.1) is 17.6 Å². The molecule has 0 saturated carbocycles. The van der Waals surface area contributed by atoms with Gasteiger partial charge in [-0.3, -0.25) is 19.7 Å². The van der Waals surface area contributed by atoms with Gasteiger partial charge in [-0.05, 0) is 30.3 Å². The molecule has 1 atom stereocenters. The Labute approximate surface area is 133 Å². The molecule has 0 saturated heterocycles. The zero-order valence-corrected chi connectivity index (χ0v) is 12.3. The van der Waals surface area contributed by atoms with Gasteiger partial charge in [0.1, 0.15) is 6.17 Å². The molecule has 0 aliphatic carbocycles. The second-order valence-electron chi connectivity index (χ2n) is 5.26. The fraction of sp³-hybridized carbons (Fsp3) is 0.0556. The number of rotatable bonds is 3. The first-order valence-electron chi connectivity index (χ1n) is 7.34. The lowest BCUT2D eigenvalue weighted by Crippen LogP contribution is -2.32. The smallest absolute Gasteiger partial charge is 0.260 e. The summed E-state index contributed by atoms with van der Waals surface area (Å²) in [4.78, 5) is 22.8. The fourth-order valence-corrected chi connectivity index (χ4v) is 2.83. The number of benzene rings is 1. The number of fused-ring (bicyclic) bond motifs is 1. The molecule has 112 valence electrons. The van der Waals surface area contributed by atoms with Crippen LogP contribution in [0.15, 0.2) is 73.3 Å². The van der Waals surface area contributed by atoms with Crippen molar-refractivity contribution in [3.8, 4) is 0 Å². The predicted octanol–water partition coefficient (Wildman–Crippen LogP) is 3.25. The second kappa shape index (κ2) is 5.53. The SMILES string of the molecule is O=C1c2ccccc2C(Nc2cccnc2)N1c1cccnc1. The summed E-state index contributed by atoms with van der Waals surface area (Å²) >= 11 is 0. The summed E-state index contributed by atoms with van der Waals surface area (Å²) in [5.74, 6) is -0.0324. The summed E-state index contributed by atoms with van der Waals surface area (Å²) in [6.45, 7) is 0. The van der Waals surface area contributed by atoms with Crippen molar-refractivity contribution in [1.82, 2.24) is 9.97 Å². The van der Waals surface area contributed by atoms with Gasteiger partial charge in [0.25, 0.3) is 5.91 Å². The number of carbonyl (C=O) groups is 1. The molecule has 23 heavy (non-hydrogen) atoms. The van der Waals surface area contributed by atoms with Crippen LogP contribution in [0.4, 0.5) is 11.4 Å². The molecule has 5 nitrogen and oxygen atoms in total. The minimum Gasteiger partial charge on any atom is -0.360 e. The Hall–Kier alpha value is -3.21. The van der Waals surface area contributed by atoms with Crippen molar-refractivity contribution in [2.24, 2.45) is 0 Å². The normalized spacial score (nSPS) is 16.3. The Balaban J connectivity index is 1.79. The molecule has 0 radical (unpaired) electrons. The number of hydrogen-bond acceptors (Lipinski definition) is 4. The third-order valence-electron chi connectivity index (χ3n) is 3.85. The number of carbonyl (C=O) groups excluding carboxylic acids is 1. The number of nitrogens with zero attached hydrogens (tertiary/aromatic N) is 3. The lowest BCUT2D eigenvalue weighted by Gasteiger charge is -2.26. The molecule has 3 heterocycles. The van der Waals surface area contributed by atoms with E-state index in [2.05, 4.69) is 15.3 Å². The molecule has 1 unspecified atom stereocenters. The van der Waals surface area contributed by atoms with Crippen LogP contribution in [0, 0.1) is 0 Å². The monoisotopic (exact) mass is 302 g/mol. The average molecular weight is 302 g/mol. The number of aromatic nitrogens is 2. The molecular formula is C18H14N4O. The number of hydrogen-bond donors (Lipinski definition) is 1. The van der Waals surface area contributed by atoms with Crippen LogP contribution in [0.3, 0.4) is 0 Å². The maximum Gasteiger partial charge on any atom is 0.260 e. The van der Waals surface area contributed by atoms with Gasteiger partial charge < -0.3 is 5.32 Å². The first kappa shape index (κ1) is 13.5. The number of pyridine rings is 2. The highest BCUT2D eigenvalue weighted by molar-refractivity contribution is 6.11. The van der Waals surface area contributed by atoms with E-state index in [-0.39, 0.29) is 12.1 Å². The van der Waals surface area contributed by atoms with E-state index in [4.69, 9.17) is 0 Å². The van der Waals surface area contributed by atoms with E-state index in [1.54, 1.807) is 29.7 Å². The van der Waals surface area contributed by atoms with E-state index in [1.807, 2.05) is 48.5 Å². The van der Waals surface area contributed by atoms with E-state index in [0.29, 0.717) is 5.56 Å². The number of nitrogens with one attached hydrogen (secondary N) is 1. The molecule has 3 aromatic rings. The molecule has 0 spiro atoms. The first-order chi connectivity index (χ1) is 11.3. The molecule has 1 amide bonds. The van der Waals surface area contributed by atoms with Crippen molar-refractivity contribution in [3.63, 3.8) is 0 Å². The van der Waals surface area contributed by atoms with Crippen molar-refractivity contribution in [2.75, 3.05) is 10.2 Å². The Bertz CT molecular complexity index is 836. The minimum atomic E-state index is -0.285. The standard InChI is InChI=1S/C18H14N4O/c23-18-16-8-2-1-7-15(16)17(21-13-5-3-9-19-11-13)22(18)14-6-4-10-20-12-14/h1-12,17,21H. The van der Waals surface area contributed by atoms with Crippen molar-refractivity contribution < 1.29 is 4.79 Å². The molecule has 1 aromatic carbocycles. The molecule has 1 aliphatic rings. The van der Waals surface area contributed by atoms with E-state index >= 15 is 0 Å². The lowest BCUT2D eigenvalue weighted by atomic mass is 10.1. The highest BCUT2D eigenvalue weighted by atomic mass is 16.2. The molecule has 2 aromatic heterocycles. The largest absolute Gasteiger partial charge is 0.360 e. The van der Waals surface area contributed by atoms with Crippen molar-refractivity contribution >= 4 is 17.3 Å².